The number of alkyl halides is 3. The van der Waals surface area contributed by atoms with Crippen LogP contribution in [0.4, 0.5) is 0 Å². The second kappa shape index (κ2) is 13.8. The number of nitrogens with one attached hydrogen (secondary N) is 1. The fourth-order valence-corrected chi connectivity index (χ4v) is 5.81. The number of aryl methyl sites for hydroxylation is 1. The molecule has 0 aliphatic carbocycles. The van der Waals surface area contributed by atoms with E-state index in [1.165, 1.54) is 0 Å². The van der Waals surface area contributed by atoms with Gasteiger partial charge in [-0.05, 0) is 33.9 Å². The standard InChI is InChI=1S/C31H30Cl3N3O4S/c1-37-14-13-35-30(37)42-19-26-16-27(23-7-5-20(18-38)6-8-23)41-28(40-26)24-11-9-22(10-12-24)25-4-2-3-21(15-25)17-36-29(39)31(32,33)34/h2-15,26-28,38H,16-19H2,1H3,(H,36,39)/t26-,27+,28+/m0/s1. The third-order valence-corrected chi connectivity index (χ3v) is 8.65. The predicted molar refractivity (Wildman–Crippen MR) is 166 cm³/mol. The van der Waals surface area contributed by atoms with Crippen LogP contribution in [0.1, 0.15) is 41.1 Å². The molecule has 1 aliphatic heterocycles. The van der Waals surface area contributed by atoms with E-state index in [2.05, 4.69) is 10.3 Å². The Bertz CT molecular complexity index is 1490. The Labute approximate surface area is 264 Å². The van der Waals surface area contributed by atoms with Crippen molar-refractivity contribution >= 4 is 52.5 Å². The molecule has 3 aromatic carbocycles. The molecular formula is C31H30Cl3N3O4S. The van der Waals surface area contributed by atoms with E-state index < -0.39 is 16.0 Å². The maximum absolute atomic E-state index is 11.9. The minimum Gasteiger partial charge on any atom is -0.392 e. The average Bonchev–Trinajstić information content (AvgIpc) is 3.42. The van der Waals surface area contributed by atoms with Gasteiger partial charge in [-0.2, -0.15) is 0 Å². The number of benzene rings is 3. The summed E-state index contributed by atoms with van der Waals surface area (Å²) in [6.45, 7) is 0.236. The molecule has 2 heterocycles. The molecule has 0 unspecified atom stereocenters. The van der Waals surface area contributed by atoms with Gasteiger partial charge in [0, 0.05) is 43.7 Å². The van der Waals surface area contributed by atoms with E-state index in [-0.39, 0.29) is 25.4 Å². The quantitative estimate of drug-likeness (QED) is 0.152. The molecule has 1 aliphatic rings. The van der Waals surface area contributed by atoms with E-state index in [4.69, 9.17) is 44.3 Å². The third-order valence-electron chi connectivity index (χ3n) is 6.94. The SMILES string of the molecule is Cn1ccnc1SC[C@@H]1C[C@H](c2ccc(CO)cc2)O[C@H](c2ccc(-c3cccc(CNC(=O)C(Cl)(Cl)Cl)c3)cc2)O1. The van der Waals surface area contributed by atoms with Crippen molar-refractivity contribution in [3.05, 3.63) is 107 Å². The fourth-order valence-electron chi connectivity index (χ4n) is 4.66. The number of imidazole rings is 1. The molecule has 1 amide bonds. The van der Waals surface area contributed by atoms with Crippen molar-refractivity contribution in [1.29, 1.82) is 0 Å². The summed E-state index contributed by atoms with van der Waals surface area (Å²) in [6, 6.07) is 23.7. The highest BCUT2D eigenvalue weighted by molar-refractivity contribution is 7.99. The van der Waals surface area contributed by atoms with Gasteiger partial charge in [-0.3, -0.25) is 4.79 Å². The van der Waals surface area contributed by atoms with Crippen LogP contribution in [-0.4, -0.2) is 36.2 Å². The second-order valence-corrected chi connectivity index (χ2v) is 13.3. The lowest BCUT2D eigenvalue weighted by Crippen LogP contribution is -2.33. The minimum absolute atomic E-state index is 0.000674. The first kappa shape index (κ1) is 30.9. The summed E-state index contributed by atoms with van der Waals surface area (Å²) in [5.41, 5.74) is 5.68. The first-order valence-corrected chi connectivity index (χ1v) is 15.5. The molecule has 0 spiro atoms. The van der Waals surface area contributed by atoms with Gasteiger partial charge in [-0.1, -0.05) is 113 Å². The predicted octanol–water partition coefficient (Wildman–Crippen LogP) is 6.90. The molecule has 0 saturated carbocycles. The van der Waals surface area contributed by atoms with Crippen LogP contribution in [0, 0.1) is 0 Å². The number of hydrogen-bond acceptors (Lipinski definition) is 6. The average molecular weight is 647 g/mol. The number of carbonyl (C=O) groups is 1. The number of aliphatic hydroxyl groups excluding tert-OH is 1. The number of nitrogens with zero attached hydrogens (tertiary/aromatic N) is 2. The number of hydrogen-bond donors (Lipinski definition) is 2. The monoisotopic (exact) mass is 645 g/mol. The maximum Gasteiger partial charge on any atom is 0.272 e. The van der Waals surface area contributed by atoms with Gasteiger partial charge in [0.15, 0.2) is 11.4 Å². The van der Waals surface area contributed by atoms with Crippen molar-refractivity contribution < 1.29 is 19.4 Å². The summed E-state index contributed by atoms with van der Waals surface area (Å²) in [5.74, 6) is 0.0596. The summed E-state index contributed by atoms with van der Waals surface area (Å²) >= 11 is 18.6. The largest absolute Gasteiger partial charge is 0.392 e. The van der Waals surface area contributed by atoms with Crippen molar-refractivity contribution in [2.45, 2.75) is 47.0 Å². The molecule has 1 aromatic heterocycles. The highest BCUT2D eigenvalue weighted by Crippen LogP contribution is 2.39. The molecule has 42 heavy (non-hydrogen) atoms. The lowest BCUT2D eigenvalue weighted by atomic mass is 9.99. The first-order chi connectivity index (χ1) is 20.2. The zero-order valence-corrected chi connectivity index (χ0v) is 25.8. The molecule has 5 rings (SSSR count). The molecular weight excluding hydrogens is 617 g/mol. The third kappa shape index (κ3) is 7.88. The van der Waals surface area contributed by atoms with Crippen LogP contribution < -0.4 is 5.32 Å². The lowest BCUT2D eigenvalue weighted by molar-refractivity contribution is -0.245. The number of aromatic nitrogens is 2. The highest BCUT2D eigenvalue weighted by Gasteiger charge is 2.33. The number of halogens is 3. The smallest absolute Gasteiger partial charge is 0.272 e. The van der Waals surface area contributed by atoms with Gasteiger partial charge in [0.25, 0.3) is 9.70 Å². The van der Waals surface area contributed by atoms with Crippen molar-refractivity contribution in [1.82, 2.24) is 14.9 Å². The summed E-state index contributed by atoms with van der Waals surface area (Å²) < 4.78 is 12.9. The molecule has 0 radical (unpaired) electrons. The molecule has 11 heteroatoms. The Morgan fingerprint density at radius 1 is 1.02 bits per heavy atom. The topological polar surface area (TPSA) is 85.6 Å². The Balaban J connectivity index is 1.31. The van der Waals surface area contributed by atoms with E-state index in [0.29, 0.717) is 6.42 Å². The van der Waals surface area contributed by atoms with E-state index in [1.807, 2.05) is 90.6 Å². The molecule has 1 fully saturated rings. The zero-order chi connectivity index (χ0) is 29.7. The van der Waals surface area contributed by atoms with Crippen LogP contribution in [0.25, 0.3) is 11.1 Å². The zero-order valence-electron chi connectivity index (χ0n) is 22.8. The Hall–Kier alpha value is -2.56. The summed E-state index contributed by atoms with van der Waals surface area (Å²) in [4.78, 5) is 16.3. The van der Waals surface area contributed by atoms with Gasteiger partial charge in [-0.15, -0.1) is 0 Å². The molecule has 220 valence electrons. The van der Waals surface area contributed by atoms with Crippen molar-refractivity contribution in [3.63, 3.8) is 0 Å². The van der Waals surface area contributed by atoms with Crippen molar-refractivity contribution in [2.24, 2.45) is 7.05 Å². The molecule has 1 saturated heterocycles. The normalized spacial score (nSPS) is 19.0. The number of thioether (sulfide) groups is 1. The number of rotatable bonds is 9. The van der Waals surface area contributed by atoms with Gasteiger partial charge < -0.3 is 24.5 Å². The molecule has 0 bridgehead atoms. The Morgan fingerprint density at radius 2 is 1.76 bits per heavy atom. The van der Waals surface area contributed by atoms with Gasteiger partial charge in [0.05, 0.1) is 18.8 Å². The Morgan fingerprint density at radius 3 is 2.43 bits per heavy atom. The lowest BCUT2D eigenvalue weighted by Gasteiger charge is -2.36. The minimum atomic E-state index is -2.01. The molecule has 4 aromatic rings. The van der Waals surface area contributed by atoms with Gasteiger partial charge in [-0.25, -0.2) is 4.98 Å². The summed E-state index contributed by atoms with van der Waals surface area (Å²) in [6.07, 6.45) is 3.64. The number of ether oxygens (including phenoxy) is 2. The Kier molecular flexibility index (Phi) is 10.2. The van der Waals surface area contributed by atoms with Crippen LogP contribution in [0.5, 0.6) is 0 Å². The van der Waals surface area contributed by atoms with Crippen LogP contribution in [-0.2, 0) is 34.5 Å². The number of amides is 1. The van der Waals surface area contributed by atoms with E-state index in [1.54, 1.807) is 18.0 Å². The maximum atomic E-state index is 11.9. The van der Waals surface area contributed by atoms with E-state index in [9.17, 15) is 9.90 Å². The van der Waals surface area contributed by atoms with E-state index in [0.717, 1.165) is 44.3 Å². The van der Waals surface area contributed by atoms with Crippen LogP contribution in [0.15, 0.2) is 90.3 Å². The highest BCUT2D eigenvalue weighted by atomic mass is 35.6. The van der Waals surface area contributed by atoms with Crippen molar-refractivity contribution in [2.75, 3.05) is 5.75 Å². The van der Waals surface area contributed by atoms with Gasteiger partial charge in [0.2, 0.25) is 0 Å². The van der Waals surface area contributed by atoms with Gasteiger partial charge in [0.1, 0.15) is 0 Å². The number of carbonyl (C=O) groups excluding carboxylic acids is 1. The van der Waals surface area contributed by atoms with Crippen LogP contribution in [0.3, 0.4) is 0 Å². The number of aliphatic hydroxyl groups is 1. The second-order valence-electron chi connectivity index (χ2n) is 9.98. The van der Waals surface area contributed by atoms with Crippen LogP contribution in [0.2, 0.25) is 0 Å². The van der Waals surface area contributed by atoms with Gasteiger partial charge >= 0.3 is 0 Å². The van der Waals surface area contributed by atoms with Crippen LogP contribution >= 0.6 is 46.6 Å². The first-order valence-electron chi connectivity index (χ1n) is 13.3. The molecule has 3 atom stereocenters. The van der Waals surface area contributed by atoms with Crippen molar-refractivity contribution in [3.8, 4) is 11.1 Å². The molecule has 7 nitrogen and oxygen atoms in total. The molecule has 2 N–H and O–H groups in total. The fraction of sp³-hybridized carbons (Fsp3) is 0.290. The summed E-state index contributed by atoms with van der Waals surface area (Å²) in [7, 11) is 1.98. The summed E-state index contributed by atoms with van der Waals surface area (Å²) in [5, 5.41) is 13.0. The van der Waals surface area contributed by atoms with E-state index >= 15 is 0 Å².